The van der Waals surface area contributed by atoms with E-state index in [0.717, 1.165) is 23.6 Å². The molecule has 1 heterocycles. The molecule has 0 fully saturated rings. The summed E-state index contributed by atoms with van der Waals surface area (Å²) in [5.41, 5.74) is 7.25. The van der Waals surface area contributed by atoms with Gasteiger partial charge in [0.25, 0.3) is 0 Å². The van der Waals surface area contributed by atoms with Gasteiger partial charge in [-0.05, 0) is 19.1 Å². The Morgan fingerprint density at radius 1 is 1.27 bits per heavy atom. The fraction of sp³-hybridized carbons (Fsp3) is 0.250. The molecule has 0 saturated carbocycles. The summed E-state index contributed by atoms with van der Waals surface area (Å²) >= 11 is 0. The first-order valence-corrected chi connectivity index (χ1v) is 5.03. The van der Waals surface area contributed by atoms with Crippen LogP contribution in [-0.2, 0) is 6.42 Å². The molecule has 2 aromatic rings. The van der Waals surface area contributed by atoms with E-state index in [-0.39, 0.29) is 0 Å². The van der Waals surface area contributed by atoms with E-state index in [0.29, 0.717) is 0 Å². The molecule has 80 valence electrons. The highest BCUT2D eigenvalue weighted by molar-refractivity contribution is 5.35. The minimum atomic E-state index is 0.822. The van der Waals surface area contributed by atoms with Crippen LogP contribution < -0.4 is 5.73 Å². The van der Waals surface area contributed by atoms with Crippen molar-refractivity contribution < 1.29 is 0 Å². The van der Waals surface area contributed by atoms with Gasteiger partial charge in [-0.1, -0.05) is 25.1 Å². The summed E-state index contributed by atoms with van der Waals surface area (Å²) in [5, 5.41) is 0. The third kappa shape index (κ3) is 4.31. The number of rotatable bonds is 1. The van der Waals surface area contributed by atoms with Gasteiger partial charge in [-0.2, -0.15) is 0 Å². The van der Waals surface area contributed by atoms with Gasteiger partial charge in [0.15, 0.2) is 0 Å². The van der Waals surface area contributed by atoms with Crippen molar-refractivity contribution in [3.05, 3.63) is 48.0 Å². The van der Waals surface area contributed by atoms with Crippen molar-refractivity contribution in [3.63, 3.8) is 0 Å². The van der Waals surface area contributed by atoms with Crippen molar-refractivity contribution in [3.8, 4) is 0 Å². The molecular weight excluding hydrogens is 186 g/mol. The van der Waals surface area contributed by atoms with E-state index in [4.69, 9.17) is 5.73 Å². The van der Waals surface area contributed by atoms with Crippen molar-refractivity contribution >= 4 is 5.69 Å². The molecule has 0 atom stereocenters. The maximum atomic E-state index is 5.36. The molecule has 0 unspecified atom stereocenters. The Labute approximate surface area is 90.4 Å². The smallest absolute Gasteiger partial charge is 0.106 e. The van der Waals surface area contributed by atoms with Crippen LogP contribution in [0.4, 0.5) is 5.69 Å². The first kappa shape index (κ1) is 11.3. The molecule has 1 aromatic carbocycles. The summed E-state index contributed by atoms with van der Waals surface area (Å²) < 4.78 is 0. The summed E-state index contributed by atoms with van der Waals surface area (Å²) in [5.74, 6) is 1.07. The summed E-state index contributed by atoms with van der Waals surface area (Å²) in [7, 11) is 0. The highest BCUT2D eigenvalue weighted by atomic mass is 14.9. The van der Waals surface area contributed by atoms with Crippen LogP contribution in [0, 0.1) is 6.92 Å². The average molecular weight is 203 g/mol. The number of para-hydroxylation sites is 1. The molecule has 0 saturated heterocycles. The second kappa shape index (κ2) is 5.86. The number of nitrogens with two attached hydrogens (primary N) is 1. The highest BCUT2D eigenvalue weighted by Gasteiger charge is 1.89. The number of hydrogen-bond donors (Lipinski definition) is 2. The largest absolute Gasteiger partial charge is 0.399 e. The molecule has 0 aliphatic carbocycles. The number of nitrogens with one attached hydrogen (secondary N) is 1. The van der Waals surface area contributed by atoms with Crippen LogP contribution in [0.1, 0.15) is 18.4 Å². The minimum Gasteiger partial charge on any atom is -0.399 e. The van der Waals surface area contributed by atoms with Gasteiger partial charge in [0.05, 0.1) is 5.69 Å². The summed E-state index contributed by atoms with van der Waals surface area (Å²) in [6.07, 6.45) is 2.91. The molecule has 15 heavy (non-hydrogen) atoms. The third-order valence-corrected chi connectivity index (χ3v) is 1.89. The Balaban J connectivity index is 0.000000151. The maximum absolute atomic E-state index is 5.36. The van der Waals surface area contributed by atoms with E-state index in [1.807, 2.05) is 43.5 Å². The number of benzene rings is 1. The normalized spacial score (nSPS) is 9.20. The van der Waals surface area contributed by atoms with E-state index in [9.17, 15) is 0 Å². The van der Waals surface area contributed by atoms with Crippen LogP contribution >= 0.6 is 0 Å². The van der Waals surface area contributed by atoms with Crippen molar-refractivity contribution in [1.29, 1.82) is 0 Å². The van der Waals surface area contributed by atoms with Crippen molar-refractivity contribution in [2.75, 3.05) is 5.73 Å². The summed E-state index contributed by atoms with van der Waals surface area (Å²) in [6, 6.07) is 9.49. The Bertz CT molecular complexity index is 379. The number of imidazole rings is 1. The van der Waals surface area contributed by atoms with E-state index in [1.165, 1.54) is 0 Å². The zero-order chi connectivity index (χ0) is 11.1. The lowest BCUT2D eigenvalue weighted by Crippen LogP contribution is -1.80. The number of nitrogen functional groups attached to an aromatic ring is 1. The number of hydrogen-bond acceptors (Lipinski definition) is 2. The van der Waals surface area contributed by atoms with Crippen LogP contribution in [0.15, 0.2) is 36.5 Å². The molecule has 3 heteroatoms. The molecular formula is C12H17N3. The zero-order valence-electron chi connectivity index (χ0n) is 9.20. The Morgan fingerprint density at radius 2 is 1.93 bits per heavy atom. The predicted molar refractivity (Wildman–Crippen MR) is 63.6 cm³/mol. The van der Waals surface area contributed by atoms with Gasteiger partial charge in [-0.15, -0.1) is 0 Å². The van der Waals surface area contributed by atoms with E-state index in [1.54, 1.807) is 0 Å². The standard InChI is InChI=1S/C6H10N2.C6H7N/c1-3-6-7-4-5(2)8-6;7-6-4-2-1-3-5-6/h4H,3H2,1-2H3,(H,7,8);1-5H,7H2. The lowest BCUT2D eigenvalue weighted by molar-refractivity contribution is 0.982. The molecule has 1 aromatic heterocycles. The van der Waals surface area contributed by atoms with Gasteiger partial charge < -0.3 is 10.7 Å². The van der Waals surface area contributed by atoms with Crippen LogP contribution in [0.25, 0.3) is 0 Å². The van der Waals surface area contributed by atoms with Crippen molar-refractivity contribution in [2.45, 2.75) is 20.3 Å². The first-order valence-electron chi connectivity index (χ1n) is 5.03. The van der Waals surface area contributed by atoms with Gasteiger partial charge in [0.2, 0.25) is 0 Å². The summed E-state index contributed by atoms with van der Waals surface area (Å²) in [6.45, 7) is 4.06. The second-order valence-electron chi connectivity index (χ2n) is 3.25. The zero-order valence-corrected chi connectivity index (χ0v) is 9.20. The van der Waals surface area contributed by atoms with Crippen LogP contribution in [0.5, 0.6) is 0 Å². The topological polar surface area (TPSA) is 54.7 Å². The van der Waals surface area contributed by atoms with Gasteiger partial charge >= 0.3 is 0 Å². The third-order valence-electron chi connectivity index (χ3n) is 1.89. The van der Waals surface area contributed by atoms with E-state index in [2.05, 4.69) is 16.9 Å². The molecule has 0 amide bonds. The van der Waals surface area contributed by atoms with Crippen LogP contribution in [0.2, 0.25) is 0 Å². The first-order chi connectivity index (χ1) is 7.22. The lowest BCUT2D eigenvalue weighted by atomic mass is 10.3. The number of nitrogens with zero attached hydrogens (tertiary/aromatic N) is 1. The van der Waals surface area contributed by atoms with E-state index >= 15 is 0 Å². The van der Waals surface area contributed by atoms with Crippen LogP contribution in [-0.4, -0.2) is 9.97 Å². The lowest BCUT2D eigenvalue weighted by Gasteiger charge is -1.83. The van der Waals surface area contributed by atoms with Crippen LogP contribution in [0.3, 0.4) is 0 Å². The summed E-state index contributed by atoms with van der Waals surface area (Å²) in [4.78, 5) is 7.22. The predicted octanol–water partition coefficient (Wildman–Crippen LogP) is 2.55. The van der Waals surface area contributed by atoms with Gasteiger partial charge in [-0.3, -0.25) is 0 Å². The number of anilines is 1. The van der Waals surface area contributed by atoms with Gasteiger partial charge in [-0.25, -0.2) is 4.98 Å². The molecule has 0 radical (unpaired) electrons. The van der Waals surface area contributed by atoms with Gasteiger partial charge in [0, 0.05) is 18.3 Å². The molecule has 0 aliphatic rings. The Hall–Kier alpha value is -1.77. The molecule has 0 aliphatic heterocycles. The minimum absolute atomic E-state index is 0.822. The molecule has 0 bridgehead atoms. The fourth-order valence-electron chi connectivity index (χ4n) is 1.10. The number of aromatic nitrogens is 2. The number of aryl methyl sites for hydroxylation is 2. The Morgan fingerprint density at radius 3 is 2.20 bits per heavy atom. The molecule has 3 N–H and O–H groups in total. The number of aromatic amines is 1. The maximum Gasteiger partial charge on any atom is 0.106 e. The van der Waals surface area contributed by atoms with Crippen molar-refractivity contribution in [1.82, 2.24) is 9.97 Å². The number of H-pyrrole nitrogens is 1. The monoisotopic (exact) mass is 203 g/mol. The second-order valence-corrected chi connectivity index (χ2v) is 3.25. The molecule has 0 spiro atoms. The highest BCUT2D eigenvalue weighted by Crippen LogP contribution is 1.96. The molecule has 3 nitrogen and oxygen atoms in total. The molecule has 2 rings (SSSR count). The van der Waals surface area contributed by atoms with E-state index < -0.39 is 0 Å². The van der Waals surface area contributed by atoms with Crippen molar-refractivity contribution in [2.24, 2.45) is 0 Å². The van der Waals surface area contributed by atoms with Gasteiger partial charge in [0.1, 0.15) is 5.82 Å². The SMILES string of the molecule is CCc1nc(C)c[nH]1.Nc1ccccc1. The quantitative estimate of drug-likeness (QED) is 0.700. The Kier molecular flexibility index (Phi) is 4.41. The fourth-order valence-corrected chi connectivity index (χ4v) is 1.10. The average Bonchev–Trinajstić information content (AvgIpc) is 2.66.